The molecule has 3 saturated heterocycles. The zero-order valence-electron chi connectivity index (χ0n) is 45.9. The topological polar surface area (TPSA) is 258 Å². The molecule has 5 aromatic carbocycles. The number of aromatic amines is 1. The third kappa shape index (κ3) is 14.1. The number of nitrogens with two attached hydrogens (primary N) is 1. The van der Waals surface area contributed by atoms with Crippen LogP contribution < -0.4 is 42.4 Å². The van der Waals surface area contributed by atoms with Crippen LogP contribution in [-0.4, -0.2) is 131 Å². The molecule has 0 bridgehead atoms. The number of nitrogens with one attached hydrogen (secondary N) is 7. The Labute approximate surface area is 476 Å². The van der Waals surface area contributed by atoms with Crippen LogP contribution in [0.2, 0.25) is 0 Å². The Morgan fingerprint density at radius 2 is 1.27 bits per heavy atom. The number of aromatic nitrogens is 1. The summed E-state index contributed by atoms with van der Waals surface area (Å²) in [6, 6.07) is 34.1. The van der Waals surface area contributed by atoms with E-state index in [4.69, 9.17) is 15.2 Å². The summed E-state index contributed by atoms with van der Waals surface area (Å²) < 4.78 is 11.9. The maximum Gasteiger partial charge on any atom is 0.407 e. The molecule has 19 heteroatoms. The summed E-state index contributed by atoms with van der Waals surface area (Å²) in [5.41, 5.74) is 11.4. The number of rotatable bonds is 15. The van der Waals surface area contributed by atoms with Gasteiger partial charge < -0.3 is 61.9 Å². The van der Waals surface area contributed by atoms with Crippen molar-refractivity contribution in [3.63, 3.8) is 0 Å². The summed E-state index contributed by atoms with van der Waals surface area (Å²) in [6.07, 6.45) is 2.10. The Morgan fingerprint density at radius 3 is 2.02 bits per heavy atom. The summed E-state index contributed by atoms with van der Waals surface area (Å²) in [4.78, 5) is 112. The summed E-state index contributed by atoms with van der Waals surface area (Å²) in [5, 5.41) is 18.9. The Balaban J connectivity index is 1.05. The summed E-state index contributed by atoms with van der Waals surface area (Å²) in [5.74, 6) is -3.12. The molecule has 0 aliphatic carbocycles. The molecule has 9 N–H and O–H groups in total. The Hall–Kier alpha value is -8.55. The van der Waals surface area contributed by atoms with Crippen LogP contribution in [0.25, 0.3) is 10.9 Å². The molecule has 4 aliphatic rings. The molecule has 10 rings (SSSR count). The fourth-order valence-electron chi connectivity index (χ4n) is 11.7. The van der Waals surface area contributed by atoms with E-state index in [0.717, 1.165) is 51.6 Å². The Bertz CT molecular complexity index is 3210. The van der Waals surface area contributed by atoms with Gasteiger partial charge in [-0.2, -0.15) is 0 Å². The highest BCUT2D eigenvalue weighted by Gasteiger charge is 2.48. The maximum atomic E-state index is 15.8. The number of fused-ring (bicyclic) bond motifs is 4. The average molecular weight is 1110 g/mol. The lowest BCUT2D eigenvalue weighted by atomic mass is 9.90. The van der Waals surface area contributed by atoms with Crippen molar-refractivity contribution in [2.24, 2.45) is 11.7 Å². The number of hydrogen-bond donors (Lipinski definition) is 8. The number of aryl methyl sites for hydroxylation is 1. The number of amides is 7. The molecule has 0 radical (unpaired) electrons. The van der Waals surface area contributed by atoms with E-state index >= 15 is 28.8 Å². The van der Waals surface area contributed by atoms with E-state index in [0.29, 0.717) is 37.4 Å². The van der Waals surface area contributed by atoms with Gasteiger partial charge in [-0.3, -0.25) is 28.8 Å². The fraction of sp³-hybridized carbons (Fsp3) is 0.381. The van der Waals surface area contributed by atoms with Gasteiger partial charge >= 0.3 is 6.09 Å². The molecule has 4 aliphatic heterocycles. The van der Waals surface area contributed by atoms with Crippen LogP contribution in [0.15, 0.2) is 140 Å². The Kier molecular flexibility index (Phi) is 18.5. The van der Waals surface area contributed by atoms with Crippen LogP contribution in [0.5, 0.6) is 5.75 Å². The van der Waals surface area contributed by atoms with Gasteiger partial charge in [0, 0.05) is 62.4 Å². The van der Waals surface area contributed by atoms with Crippen LogP contribution in [0.1, 0.15) is 65.5 Å². The summed E-state index contributed by atoms with van der Waals surface area (Å²) in [6.45, 7) is 1.81. The highest BCUT2D eigenvalue weighted by molar-refractivity contribution is 5.99. The van der Waals surface area contributed by atoms with Crippen LogP contribution >= 0.6 is 0 Å². The van der Waals surface area contributed by atoms with Gasteiger partial charge in [-0.25, -0.2) is 4.79 Å². The van der Waals surface area contributed by atoms with E-state index in [-0.39, 0.29) is 70.6 Å². The highest BCUT2D eigenvalue weighted by Crippen LogP contribution is 2.31. The van der Waals surface area contributed by atoms with E-state index in [2.05, 4.69) is 36.9 Å². The largest absolute Gasteiger partial charge is 0.489 e. The number of carbonyl (C=O) groups is 7. The second-order valence-electron chi connectivity index (χ2n) is 21.8. The van der Waals surface area contributed by atoms with Crippen molar-refractivity contribution in [2.75, 3.05) is 32.7 Å². The number of alkyl carbamates (subject to hydrolysis) is 1. The molecule has 6 aromatic rings. The molecule has 7 atom stereocenters. The van der Waals surface area contributed by atoms with Gasteiger partial charge in [0.2, 0.25) is 35.4 Å². The van der Waals surface area contributed by atoms with E-state index in [1.807, 2.05) is 121 Å². The Morgan fingerprint density at radius 1 is 0.622 bits per heavy atom. The minimum absolute atomic E-state index is 0.00274. The number of carbonyl (C=O) groups excluding carboxylic acids is 7. The smallest absolute Gasteiger partial charge is 0.407 e. The second-order valence-corrected chi connectivity index (χ2v) is 21.8. The van der Waals surface area contributed by atoms with Crippen LogP contribution in [0.3, 0.4) is 0 Å². The van der Waals surface area contributed by atoms with Crippen molar-refractivity contribution in [3.8, 4) is 5.75 Å². The number of H-pyrrole nitrogens is 1. The molecule has 0 saturated carbocycles. The first-order valence-electron chi connectivity index (χ1n) is 28.6. The van der Waals surface area contributed by atoms with Gasteiger partial charge in [0.05, 0.1) is 6.54 Å². The molecule has 3 fully saturated rings. The van der Waals surface area contributed by atoms with Gasteiger partial charge in [-0.15, -0.1) is 0 Å². The van der Waals surface area contributed by atoms with Gasteiger partial charge in [0.25, 0.3) is 0 Å². The lowest BCUT2D eigenvalue weighted by molar-refractivity contribution is -0.151. The number of ether oxygens (including phenoxy) is 2. The van der Waals surface area contributed by atoms with Crippen molar-refractivity contribution < 1.29 is 43.0 Å². The lowest BCUT2D eigenvalue weighted by Crippen LogP contribution is -2.63. The first-order valence-corrected chi connectivity index (χ1v) is 28.6. The van der Waals surface area contributed by atoms with Gasteiger partial charge in [0.1, 0.15) is 54.7 Å². The molecular weight excluding hydrogens is 1040 g/mol. The number of nitrogens with zero attached hydrogens (tertiary/aromatic N) is 2. The minimum atomic E-state index is -1.28. The molecule has 82 heavy (non-hydrogen) atoms. The third-order valence-electron chi connectivity index (χ3n) is 16.2. The molecule has 0 unspecified atom stereocenters. The molecule has 19 nitrogen and oxygen atoms in total. The summed E-state index contributed by atoms with van der Waals surface area (Å²) >= 11 is 0. The zero-order chi connectivity index (χ0) is 57.0. The minimum Gasteiger partial charge on any atom is -0.489 e. The van der Waals surface area contributed by atoms with Crippen molar-refractivity contribution in [1.29, 1.82) is 0 Å². The van der Waals surface area contributed by atoms with Crippen molar-refractivity contribution in [2.45, 2.75) is 113 Å². The molecular formula is C63H72N10O9. The number of piperidine rings is 1. The average Bonchev–Trinajstić information content (AvgIpc) is 4.30. The third-order valence-corrected chi connectivity index (χ3v) is 16.2. The van der Waals surface area contributed by atoms with Gasteiger partial charge in [-0.05, 0) is 103 Å². The lowest BCUT2D eigenvalue weighted by Gasteiger charge is -2.40. The van der Waals surface area contributed by atoms with E-state index in [1.54, 1.807) is 18.3 Å². The predicted octanol–water partition coefficient (Wildman–Crippen LogP) is 4.12. The number of para-hydroxylation sites is 1. The first-order chi connectivity index (χ1) is 40.0. The normalized spacial score (nSPS) is 23.0. The van der Waals surface area contributed by atoms with Crippen molar-refractivity contribution in [1.82, 2.24) is 46.7 Å². The van der Waals surface area contributed by atoms with Crippen molar-refractivity contribution in [3.05, 3.63) is 173 Å². The van der Waals surface area contributed by atoms with Crippen molar-refractivity contribution >= 4 is 52.4 Å². The van der Waals surface area contributed by atoms with E-state index < -0.39 is 83.9 Å². The first kappa shape index (κ1) is 56.7. The molecule has 0 spiro atoms. The quantitative estimate of drug-likeness (QED) is 0.0726. The van der Waals surface area contributed by atoms with Crippen LogP contribution in [0.4, 0.5) is 4.79 Å². The van der Waals surface area contributed by atoms with Gasteiger partial charge in [-0.1, -0.05) is 115 Å². The second kappa shape index (κ2) is 26.8. The standard InChI is InChI=1S/C63H72N10O9/c64-27-30-66-63(80)82-48-35-55-60(77)68-51(24-21-40-11-3-1-4-12-40)57(74)70-53(33-46-36-67-50-18-10-9-17-49(46)50)59(76)69-52(31-42-25-28-65-29-26-42)58(75)71-54(32-41-19-22-47(23-20-41)81-39-43-13-5-2-6-14-43)61(78)72-37-45-16-8-7-15-44(45)34-56(72)62(79)73(55)38-48/h1-20,22-23,36,42,48,51-56,65,67H,21,24-35,37-39,64H2,(H,66,80)(H,68,77)(H,69,76)(H,70,74)(H,71,75)/t48-,51+,52+,53-,54+,55+,56+/m1/s1. The van der Waals surface area contributed by atoms with Crippen LogP contribution in [0, 0.1) is 5.92 Å². The molecule has 5 heterocycles. The molecule has 428 valence electrons. The monoisotopic (exact) mass is 1110 g/mol. The van der Waals surface area contributed by atoms with Gasteiger partial charge in [0.15, 0.2) is 0 Å². The molecule has 1 aromatic heterocycles. The number of hydrogen-bond acceptors (Lipinski definition) is 11. The maximum absolute atomic E-state index is 15.8. The predicted molar refractivity (Wildman–Crippen MR) is 308 cm³/mol. The summed E-state index contributed by atoms with van der Waals surface area (Å²) in [7, 11) is 0. The molecule has 7 amide bonds. The highest BCUT2D eigenvalue weighted by atomic mass is 16.6. The van der Waals surface area contributed by atoms with E-state index in [9.17, 15) is 4.79 Å². The fourth-order valence-corrected chi connectivity index (χ4v) is 11.7. The SMILES string of the molecule is NCCNC(=O)O[C@@H]1C[C@H]2C(=O)N[C@@H](CCc3ccccc3)C(=O)N[C@H](Cc3c[nH]c4ccccc34)C(=O)N[C@@H](CC3CCNCC3)C(=O)N[C@@H](Cc3ccc(OCc4ccccc4)cc3)C(=O)N3Cc4ccccc4C[C@H]3C(=O)N2C1. The van der Waals surface area contributed by atoms with Crippen LogP contribution in [-0.2, 0) is 72.3 Å². The zero-order valence-corrected chi connectivity index (χ0v) is 45.9. The van der Waals surface area contributed by atoms with E-state index in [1.165, 1.54) is 9.80 Å². The number of benzene rings is 5.